The predicted octanol–water partition coefficient (Wildman–Crippen LogP) is 2.36. The van der Waals surface area contributed by atoms with Crippen molar-refractivity contribution in [2.24, 2.45) is 5.92 Å². The average molecular weight is 406 g/mol. The average Bonchev–Trinajstić information content (AvgIpc) is 3.02. The van der Waals surface area contributed by atoms with Crippen molar-refractivity contribution in [3.05, 3.63) is 46.8 Å². The van der Waals surface area contributed by atoms with Gasteiger partial charge in [0.2, 0.25) is 15.9 Å². The van der Waals surface area contributed by atoms with E-state index in [0.29, 0.717) is 31.6 Å². The molecule has 1 saturated heterocycles. The van der Waals surface area contributed by atoms with Gasteiger partial charge in [-0.05, 0) is 45.6 Å². The molecule has 1 N–H and O–H groups in total. The molecule has 152 valence electrons. The third-order valence-corrected chi connectivity index (χ3v) is 7.26. The molecule has 0 bridgehead atoms. The minimum atomic E-state index is -3.72. The lowest BCUT2D eigenvalue weighted by atomic mass is 9.98. The molecule has 0 aliphatic carbocycles. The smallest absolute Gasteiger partial charge is 0.248 e. The van der Waals surface area contributed by atoms with Crippen molar-refractivity contribution in [2.45, 2.75) is 44.9 Å². The Hall–Kier alpha value is -2.19. The van der Waals surface area contributed by atoms with Gasteiger partial charge < -0.3 is 9.84 Å². The normalized spacial score (nSPS) is 18.2. The first-order chi connectivity index (χ1) is 13.3. The Bertz CT molecular complexity index is 915. The fourth-order valence-electron chi connectivity index (χ4n) is 3.58. The Morgan fingerprint density at radius 2 is 1.96 bits per heavy atom. The fraction of sp³-hybridized carbons (Fsp3) is 0.500. The number of sulfonamides is 1. The van der Waals surface area contributed by atoms with Crippen molar-refractivity contribution in [3.8, 4) is 0 Å². The number of piperidine rings is 1. The maximum Gasteiger partial charge on any atom is 0.248 e. The molecule has 1 amide bonds. The van der Waals surface area contributed by atoms with Gasteiger partial charge >= 0.3 is 0 Å². The largest absolute Gasteiger partial charge is 0.360 e. The number of nitrogens with one attached hydrogen (secondary N) is 1. The van der Waals surface area contributed by atoms with Gasteiger partial charge in [0.1, 0.15) is 10.6 Å². The number of carbonyl (C=O) groups excluding carboxylic acids is 1. The van der Waals surface area contributed by atoms with Crippen LogP contribution >= 0.6 is 0 Å². The van der Waals surface area contributed by atoms with E-state index in [1.54, 1.807) is 13.8 Å². The Kier molecular flexibility index (Phi) is 6.20. The molecule has 1 fully saturated rings. The molecule has 28 heavy (non-hydrogen) atoms. The van der Waals surface area contributed by atoms with Crippen LogP contribution in [-0.2, 0) is 21.2 Å². The van der Waals surface area contributed by atoms with Crippen LogP contribution in [0.15, 0.2) is 33.7 Å². The zero-order valence-corrected chi connectivity index (χ0v) is 17.4. The molecule has 1 aromatic heterocycles. The van der Waals surface area contributed by atoms with E-state index in [2.05, 4.69) is 34.7 Å². The summed E-state index contributed by atoms with van der Waals surface area (Å²) in [5.74, 6) is -0.157. The van der Waals surface area contributed by atoms with Crippen LogP contribution in [-0.4, -0.2) is 43.4 Å². The molecule has 1 atom stereocenters. The molecule has 1 aliphatic heterocycles. The lowest BCUT2D eigenvalue weighted by molar-refractivity contribution is -0.126. The summed E-state index contributed by atoms with van der Waals surface area (Å²) in [7, 11) is -3.72. The highest BCUT2D eigenvalue weighted by Gasteiger charge is 2.36. The number of amides is 1. The van der Waals surface area contributed by atoms with Gasteiger partial charge in [-0.25, -0.2) is 8.42 Å². The summed E-state index contributed by atoms with van der Waals surface area (Å²) in [6.07, 6.45) is 2.09. The SMILES string of the molecule is Cc1ccc(CCNC(=O)[C@H]2CCCN(S(=O)(=O)c3c(C)noc3C)C2)cc1. The maximum atomic E-state index is 13.0. The Morgan fingerprint density at radius 3 is 2.61 bits per heavy atom. The van der Waals surface area contributed by atoms with E-state index in [1.165, 1.54) is 9.87 Å². The van der Waals surface area contributed by atoms with Gasteiger partial charge in [0.05, 0.1) is 5.92 Å². The standard InChI is InChI=1S/C20H27N3O4S/c1-14-6-8-17(9-7-14)10-11-21-20(24)18-5-4-12-23(13-18)28(25,26)19-15(2)22-27-16(19)3/h6-9,18H,4-5,10-13H2,1-3H3,(H,21,24)/t18-/m0/s1. The highest BCUT2D eigenvalue weighted by molar-refractivity contribution is 7.89. The van der Waals surface area contributed by atoms with Crippen LogP contribution in [0, 0.1) is 26.7 Å². The fourth-order valence-corrected chi connectivity index (χ4v) is 5.39. The lowest BCUT2D eigenvalue weighted by Crippen LogP contribution is -2.45. The minimum Gasteiger partial charge on any atom is -0.360 e. The van der Waals surface area contributed by atoms with Gasteiger partial charge in [0.15, 0.2) is 5.76 Å². The number of hydrogen-bond acceptors (Lipinski definition) is 5. The third-order valence-electron chi connectivity index (χ3n) is 5.15. The molecule has 2 heterocycles. The first kappa shape index (κ1) is 20.5. The van der Waals surface area contributed by atoms with Crippen molar-refractivity contribution in [1.82, 2.24) is 14.8 Å². The summed E-state index contributed by atoms with van der Waals surface area (Å²) >= 11 is 0. The van der Waals surface area contributed by atoms with Crippen LogP contribution in [0.3, 0.4) is 0 Å². The zero-order chi connectivity index (χ0) is 20.3. The second kappa shape index (κ2) is 8.45. The molecule has 0 unspecified atom stereocenters. The van der Waals surface area contributed by atoms with Crippen molar-refractivity contribution in [3.63, 3.8) is 0 Å². The second-order valence-electron chi connectivity index (χ2n) is 7.38. The molecule has 8 heteroatoms. The molecule has 0 spiro atoms. The van der Waals surface area contributed by atoms with Gasteiger partial charge in [0.25, 0.3) is 0 Å². The quantitative estimate of drug-likeness (QED) is 0.796. The summed E-state index contributed by atoms with van der Waals surface area (Å²) in [5, 5.41) is 6.70. The summed E-state index contributed by atoms with van der Waals surface area (Å²) in [6.45, 7) is 6.36. The van der Waals surface area contributed by atoms with Crippen molar-refractivity contribution >= 4 is 15.9 Å². The van der Waals surface area contributed by atoms with Crippen molar-refractivity contribution in [1.29, 1.82) is 0 Å². The van der Waals surface area contributed by atoms with Gasteiger partial charge in [0, 0.05) is 19.6 Å². The molecule has 0 radical (unpaired) electrons. The van der Waals surface area contributed by atoms with E-state index in [-0.39, 0.29) is 29.0 Å². The monoisotopic (exact) mass is 405 g/mol. The van der Waals surface area contributed by atoms with E-state index in [1.807, 2.05) is 6.92 Å². The molecular weight excluding hydrogens is 378 g/mol. The molecule has 1 aromatic carbocycles. The van der Waals surface area contributed by atoms with E-state index in [9.17, 15) is 13.2 Å². The number of benzene rings is 1. The van der Waals surface area contributed by atoms with Gasteiger partial charge in [-0.2, -0.15) is 4.31 Å². The number of rotatable bonds is 6. The molecule has 3 rings (SSSR count). The Balaban J connectivity index is 1.59. The molecule has 1 aliphatic rings. The Morgan fingerprint density at radius 1 is 1.25 bits per heavy atom. The van der Waals surface area contributed by atoms with Gasteiger partial charge in [-0.15, -0.1) is 0 Å². The van der Waals surface area contributed by atoms with E-state index in [0.717, 1.165) is 12.0 Å². The number of aryl methyl sites for hydroxylation is 3. The predicted molar refractivity (Wildman–Crippen MR) is 105 cm³/mol. The van der Waals surface area contributed by atoms with Crippen LogP contribution < -0.4 is 5.32 Å². The van der Waals surface area contributed by atoms with Crippen LogP contribution in [0.4, 0.5) is 0 Å². The van der Waals surface area contributed by atoms with Crippen LogP contribution in [0.1, 0.15) is 35.4 Å². The van der Waals surface area contributed by atoms with Crippen LogP contribution in [0.25, 0.3) is 0 Å². The molecule has 7 nitrogen and oxygen atoms in total. The van der Waals surface area contributed by atoms with Crippen LogP contribution in [0.2, 0.25) is 0 Å². The molecule has 2 aromatic rings. The second-order valence-corrected chi connectivity index (χ2v) is 9.26. The first-order valence-corrected chi connectivity index (χ1v) is 11.0. The molecule has 0 saturated carbocycles. The van der Waals surface area contributed by atoms with Gasteiger partial charge in [-0.1, -0.05) is 35.0 Å². The highest BCUT2D eigenvalue weighted by atomic mass is 32.2. The highest BCUT2D eigenvalue weighted by Crippen LogP contribution is 2.27. The number of nitrogens with zero attached hydrogens (tertiary/aromatic N) is 2. The molecular formula is C20H27N3O4S. The minimum absolute atomic E-state index is 0.0919. The van der Waals surface area contributed by atoms with Crippen LogP contribution in [0.5, 0.6) is 0 Å². The lowest BCUT2D eigenvalue weighted by Gasteiger charge is -2.31. The summed E-state index contributed by atoms with van der Waals surface area (Å²) < 4.78 is 32.4. The summed E-state index contributed by atoms with van der Waals surface area (Å²) in [6, 6.07) is 8.21. The first-order valence-electron chi connectivity index (χ1n) is 9.55. The number of aromatic nitrogens is 1. The topological polar surface area (TPSA) is 92.5 Å². The number of carbonyl (C=O) groups is 1. The van der Waals surface area contributed by atoms with Crippen molar-refractivity contribution < 1.29 is 17.7 Å². The third kappa shape index (κ3) is 4.44. The van der Waals surface area contributed by atoms with E-state index in [4.69, 9.17) is 4.52 Å². The summed E-state index contributed by atoms with van der Waals surface area (Å²) in [4.78, 5) is 12.7. The summed E-state index contributed by atoms with van der Waals surface area (Å²) in [5.41, 5.74) is 2.72. The van der Waals surface area contributed by atoms with Crippen molar-refractivity contribution in [2.75, 3.05) is 19.6 Å². The van der Waals surface area contributed by atoms with E-state index < -0.39 is 10.0 Å². The van der Waals surface area contributed by atoms with Gasteiger partial charge in [-0.3, -0.25) is 4.79 Å². The number of hydrogen-bond donors (Lipinski definition) is 1. The Labute approximate surface area is 166 Å². The van der Waals surface area contributed by atoms with E-state index >= 15 is 0 Å². The maximum absolute atomic E-state index is 13.0. The zero-order valence-electron chi connectivity index (χ0n) is 16.6.